The van der Waals surface area contributed by atoms with Gasteiger partial charge in [-0.15, -0.1) is 0 Å². The maximum absolute atomic E-state index is 11.1. The maximum atomic E-state index is 11.1. The molecular weight excluding hydrogens is 152 g/mol. The minimum Gasteiger partial charge on any atom is -0.465 e. The normalized spacial score (nSPS) is 20.1. The minimum absolute atomic E-state index is 0.0816. The fraction of sp³-hybridized carbons (Fsp3) is 0.500. The number of carbonyl (C=O) groups excluding carboxylic acids is 1. The van der Waals surface area contributed by atoms with Crippen LogP contribution in [-0.4, -0.2) is 13.1 Å². The highest BCUT2D eigenvalue weighted by molar-refractivity contribution is 5.91. The molecule has 0 aromatic carbocycles. The lowest BCUT2D eigenvalue weighted by molar-refractivity contribution is -0.135. The molecule has 0 spiro atoms. The van der Waals surface area contributed by atoms with Gasteiger partial charge in [0.15, 0.2) is 0 Å². The second-order valence-corrected chi connectivity index (χ2v) is 3.69. The summed E-state index contributed by atoms with van der Waals surface area (Å²) in [4.78, 5) is 11.1. The molecule has 0 aliphatic heterocycles. The van der Waals surface area contributed by atoms with E-state index in [1.165, 1.54) is 7.11 Å². The van der Waals surface area contributed by atoms with Gasteiger partial charge in [-0.2, -0.15) is 0 Å². The van der Waals surface area contributed by atoms with E-state index in [-0.39, 0.29) is 11.4 Å². The van der Waals surface area contributed by atoms with E-state index in [1.54, 1.807) is 0 Å². The lowest BCUT2D eigenvalue weighted by Crippen LogP contribution is -2.14. The van der Waals surface area contributed by atoms with Crippen LogP contribution in [0.4, 0.5) is 0 Å². The van der Waals surface area contributed by atoms with Crippen LogP contribution in [0.3, 0.4) is 0 Å². The van der Waals surface area contributed by atoms with Crippen molar-refractivity contribution >= 4 is 5.97 Å². The van der Waals surface area contributed by atoms with Crippen LogP contribution in [0.25, 0.3) is 0 Å². The Morgan fingerprint density at radius 2 is 2.25 bits per heavy atom. The monoisotopic (exact) mass is 166 g/mol. The Balaban J connectivity index is 2.84. The molecule has 0 aromatic heterocycles. The van der Waals surface area contributed by atoms with Crippen LogP contribution in [0.2, 0.25) is 0 Å². The Bertz CT molecular complexity index is 247. The molecule has 0 saturated carbocycles. The molecule has 0 radical (unpaired) electrons. The minimum atomic E-state index is -0.251. The third-order valence-corrected chi connectivity index (χ3v) is 1.91. The van der Waals surface area contributed by atoms with Crippen molar-refractivity contribution < 1.29 is 9.53 Å². The van der Waals surface area contributed by atoms with Crippen LogP contribution < -0.4 is 0 Å². The van der Waals surface area contributed by atoms with Gasteiger partial charge in [0.2, 0.25) is 0 Å². The molecular formula is C10H14O2. The smallest absolute Gasteiger partial charge is 0.337 e. The summed E-state index contributed by atoms with van der Waals surface area (Å²) in [6.45, 7) is 4.19. The number of esters is 1. The molecule has 1 aliphatic rings. The SMILES string of the molecule is COC(=O)C1=CC(C)(C)CC=C1. The van der Waals surface area contributed by atoms with Gasteiger partial charge in [-0.3, -0.25) is 0 Å². The van der Waals surface area contributed by atoms with E-state index in [1.807, 2.05) is 18.2 Å². The van der Waals surface area contributed by atoms with Crippen molar-refractivity contribution in [3.63, 3.8) is 0 Å². The average Bonchev–Trinajstić information content (AvgIpc) is 2.01. The van der Waals surface area contributed by atoms with Gasteiger partial charge in [0, 0.05) is 0 Å². The van der Waals surface area contributed by atoms with Crippen molar-refractivity contribution in [1.29, 1.82) is 0 Å². The van der Waals surface area contributed by atoms with Crippen LogP contribution in [-0.2, 0) is 9.53 Å². The van der Waals surface area contributed by atoms with E-state index in [2.05, 4.69) is 18.6 Å². The van der Waals surface area contributed by atoms with Gasteiger partial charge in [-0.25, -0.2) is 4.79 Å². The van der Waals surface area contributed by atoms with Gasteiger partial charge in [0.25, 0.3) is 0 Å². The maximum Gasteiger partial charge on any atom is 0.337 e. The lowest BCUT2D eigenvalue weighted by Gasteiger charge is -2.22. The Kier molecular flexibility index (Phi) is 2.36. The van der Waals surface area contributed by atoms with E-state index >= 15 is 0 Å². The van der Waals surface area contributed by atoms with Gasteiger partial charge in [0.05, 0.1) is 12.7 Å². The Labute approximate surface area is 72.9 Å². The lowest BCUT2D eigenvalue weighted by atomic mass is 9.83. The molecule has 0 amide bonds. The molecule has 12 heavy (non-hydrogen) atoms. The summed E-state index contributed by atoms with van der Waals surface area (Å²) in [5.74, 6) is -0.251. The van der Waals surface area contributed by atoms with Crippen LogP contribution in [0.15, 0.2) is 23.8 Å². The van der Waals surface area contributed by atoms with Gasteiger partial charge in [0.1, 0.15) is 0 Å². The van der Waals surface area contributed by atoms with Crippen molar-refractivity contribution in [2.75, 3.05) is 7.11 Å². The molecule has 0 unspecified atom stereocenters. The van der Waals surface area contributed by atoms with E-state index < -0.39 is 0 Å². The number of ether oxygens (including phenoxy) is 1. The fourth-order valence-corrected chi connectivity index (χ4v) is 1.26. The third-order valence-electron chi connectivity index (χ3n) is 1.91. The fourth-order valence-electron chi connectivity index (χ4n) is 1.26. The highest BCUT2D eigenvalue weighted by atomic mass is 16.5. The molecule has 0 fully saturated rings. The summed E-state index contributed by atoms with van der Waals surface area (Å²) in [5.41, 5.74) is 0.743. The molecule has 2 heteroatoms. The van der Waals surface area contributed by atoms with E-state index in [4.69, 9.17) is 0 Å². The molecule has 0 N–H and O–H groups in total. The standard InChI is InChI=1S/C10H14O2/c1-10(2)6-4-5-8(7-10)9(11)12-3/h4-5,7H,6H2,1-3H3. The number of allylic oxidation sites excluding steroid dienone is 2. The molecule has 0 bridgehead atoms. The first-order valence-corrected chi connectivity index (χ1v) is 4.03. The summed E-state index contributed by atoms with van der Waals surface area (Å²) < 4.78 is 4.62. The van der Waals surface area contributed by atoms with Gasteiger partial charge in [-0.05, 0) is 11.8 Å². The number of hydrogen-bond acceptors (Lipinski definition) is 2. The first kappa shape index (κ1) is 9.04. The topological polar surface area (TPSA) is 26.3 Å². The van der Waals surface area contributed by atoms with Crippen molar-refractivity contribution in [2.45, 2.75) is 20.3 Å². The zero-order chi connectivity index (χ0) is 9.19. The second-order valence-electron chi connectivity index (χ2n) is 3.69. The predicted octanol–water partition coefficient (Wildman–Crippen LogP) is 2.07. The van der Waals surface area contributed by atoms with Crippen molar-refractivity contribution in [3.05, 3.63) is 23.8 Å². The Hall–Kier alpha value is -1.05. The summed E-state index contributed by atoms with van der Waals surface area (Å²) in [7, 11) is 1.40. The van der Waals surface area contributed by atoms with Crippen LogP contribution >= 0.6 is 0 Å². The average molecular weight is 166 g/mol. The van der Waals surface area contributed by atoms with Crippen LogP contribution in [0.5, 0.6) is 0 Å². The molecule has 2 nitrogen and oxygen atoms in total. The zero-order valence-corrected chi connectivity index (χ0v) is 7.76. The van der Waals surface area contributed by atoms with E-state index in [0.29, 0.717) is 5.57 Å². The first-order chi connectivity index (χ1) is 5.55. The van der Waals surface area contributed by atoms with E-state index in [0.717, 1.165) is 6.42 Å². The third kappa shape index (κ3) is 1.97. The van der Waals surface area contributed by atoms with Crippen molar-refractivity contribution in [1.82, 2.24) is 0 Å². The Morgan fingerprint density at radius 3 is 2.75 bits per heavy atom. The van der Waals surface area contributed by atoms with Crippen LogP contribution in [0.1, 0.15) is 20.3 Å². The Morgan fingerprint density at radius 1 is 1.58 bits per heavy atom. The molecule has 1 aliphatic carbocycles. The number of hydrogen-bond donors (Lipinski definition) is 0. The number of carbonyl (C=O) groups is 1. The quantitative estimate of drug-likeness (QED) is 0.557. The first-order valence-electron chi connectivity index (χ1n) is 4.03. The van der Waals surface area contributed by atoms with Gasteiger partial charge in [-0.1, -0.05) is 32.1 Å². The molecule has 0 saturated heterocycles. The molecule has 1 rings (SSSR count). The highest BCUT2D eigenvalue weighted by Crippen LogP contribution is 2.28. The second kappa shape index (κ2) is 3.13. The molecule has 0 atom stereocenters. The number of methoxy groups -OCH3 is 1. The van der Waals surface area contributed by atoms with E-state index in [9.17, 15) is 4.79 Å². The predicted molar refractivity (Wildman–Crippen MR) is 47.6 cm³/mol. The molecule has 0 aromatic rings. The zero-order valence-electron chi connectivity index (χ0n) is 7.76. The molecule has 66 valence electrons. The summed E-state index contributed by atoms with van der Waals surface area (Å²) in [6.07, 6.45) is 6.76. The van der Waals surface area contributed by atoms with Crippen LogP contribution in [0, 0.1) is 5.41 Å². The highest BCUT2D eigenvalue weighted by Gasteiger charge is 2.20. The van der Waals surface area contributed by atoms with Gasteiger partial charge < -0.3 is 4.74 Å². The summed E-state index contributed by atoms with van der Waals surface area (Å²) >= 11 is 0. The van der Waals surface area contributed by atoms with Gasteiger partial charge >= 0.3 is 5.97 Å². The molecule has 0 heterocycles. The summed E-state index contributed by atoms with van der Waals surface area (Å²) in [6, 6.07) is 0. The van der Waals surface area contributed by atoms with Crippen molar-refractivity contribution in [2.24, 2.45) is 5.41 Å². The summed E-state index contributed by atoms with van der Waals surface area (Å²) in [5, 5.41) is 0. The largest absolute Gasteiger partial charge is 0.465 e. The van der Waals surface area contributed by atoms with Crippen molar-refractivity contribution in [3.8, 4) is 0 Å². The number of rotatable bonds is 1.